The van der Waals surface area contributed by atoms with Gasteiger partial charge in [0.25, 0.3) is 0 Å². The molecule has 1 heterocycles. The molecular weight excluding hydrogens is 184 g/mol. The number of aromatic nitrogens is 2. The van der Waals surface area contributed by atoms with Gasteiger partial charge in [0, 0.05) is 18.8 Å². The monoisotopic (exact) mass is 194 g/mol. The zero-order valence-electron chi connectivity index (χ0n) is 7.64. The van der Waals surface area contributed by atoms with Crippen LogP contribution >= 0.6 is 0 Å². The van der Waals surface area contributed by atoms with E-state index in [4.69, 9.17) is 10.2 Å². The summed E-state index contributed by atoms with van der Waals surface area (Å²) >= 11 is 0. The van der Waals surface area contributed by atoms with Crippen LogP contribution in [0.25, 0.3) is 0 Å². The molecule has 0 amide bonds. The first kappa shape index (κ1) is 10.2. The van der Waals surface area contributed by atoms with Crippen LogP contribution in [-0.4, -0.2) is 26.2 Å². The summed E-state index contributed by atoms with van der Waals surface area (Å²) in [4.78, 5) is 18.2. The molecule has 2 N–H and O–H groups in total. The van der Waals surface area contributed by atoms with Gasteiger partial charge in [-0.2, -0.15) is 0 Å². The molecule has 0 saturated carbocycles. The van der Waals surface area contributed by atoms with Crippen LogP contribution < -0.4 is 0 Å². The second kappa shape index (κ2) is 4.36. The number of hydrogen-bond acceptors (Lipinski definition) is 4. The zero-order chi connectivity index (χ0) is 10.6. The zero-order valence-corrected chi connectivity index (χ0v) is 7.64. The molecule has 14 heavy (non-hydrogen) atoms. The van der Waals surface area contributed by atoms with Gasteiger partial charge in [-0.3, -0.25) is 0 Å². The van der Waals surface area contributed by atoms with Gasteiger partial charge in [-0.15, -0.1) is 0 Å². The van der Waals surface area contributed by atoms with Gasteiger partial charge in [0.2, 0.25) is 0 Å². The predicted octanol–water partition coefficient (Wildman–Crippen LogP) is 0.936. The van der Waals surface area contributed by atoms with Crippen molar-refractivity contribution in [3.8, 4) is 0 Å². The summed E-state index contributed by atoms with van der Waals surface area (Å²) in [5.41, 5.74) is 0.609. The van der Waals surface area contributed by atoms with Gasteiger partial charge in [-0.1, -0.05) is 0 Å². The fourth-order valence-electron chi connectivity index (χ4n) is 0.984. The largest absolute Gasteiger partial charge is 0.512 e. The fraction of sp³-hybridized carbons (Fsp3) is 0.222. The summed E-state index contributed by atoms with van der Waals surface area (Å²) in [6, 6.07) is 0. The highest BCUT2D eigenvalue weighted by atomic mass is 16.4. The van der Waals surface area contributed by atoms with Gasteiger partial charge in [-0.05, 0) is 12.5 Å². The van der Waals surface area contributed by atoms with Crippen molar-refractivity contribution in [3.63, 3.8) is 0 Å². The minimum atomic E-state index is -1.13. The highest BCUT2D eigenvalue weighted by Crippen LogP contribution is 2.09. The molecule has 0 aliphatic carbocycles. The fourth-order valence-corrected chi connectivity index (χ4v) is 0.984. The first-order valence-electron chi connectivity index (χ1n) is 3.97. The lowest BCUT2D eigenvalue weighted by Crippen LogP contribution is -2.07. The molecular formula is C9H10N2O3. The van der Waals surface area contributed by atoms with Gasteiger partial charge >= 0.3 is 5.97 Å². The maximum Gasteiger partial charge on any atom is 0.335 e. The Morgan fingerprint density at radius 2 is 1.93 bits per heavy atom. The highest BCUT2D eigenvalue weighted by Gasteiger charge is 2.12. The Hall–Kier alpha value is -1.91. The van der Waals surface area contributed by atoms with Crippen molar-refractivity contribution in [3.05, 3.63) is 35.6 Å². The highest BCUT2D eigenvalue weighted by molar-refractivity contribution is 5.87. The van der Waals surface area contributed by atoms with Crippen molar-refractivity contribution in [1.82, 2.24) is 9.97 Å². The summed E-state index contributed by atoms with van der Waals surface area (Å²) < 4.78 is 0. The normalized spacial score (nSPS) is 12.1. The second-order valence-electron chi connectivity index (χ2n) is 2.79. The van der Waals surface area contributed by atoms with Gasteiger partial charge in [0.15, 0.2) is 0 Å². The average molecular weight is 194 g/mol. The average Bonchev–Trinajstić information content (AvgIpc) is 2.15. The molecule has 5 nitrogen and oxygen atoms in total. The van der Waals surface area contributed by atoms with Crippen molar-refractivity contribution in [2.75, 3.05) is 0 Å². The number of aliphatic hydroxyl groups is 1. The molecule has 0 aliphatic rings. The number of rotatable bonds is 3. The predicted molar refractivity (Wildman–Crippen MR) is 48.7 cm³/mol. The SMILES string of the molecule is C/C(O)=C(\Cc1cncnc1)C(=O)O. The summed E-state index contributed by atoms with van der Waals surface area (Å²) in [6.07, 6.45) is 4.51. The van der Waals surface area contributed by atoms with E-state index in [0.717, 1.165) is 0 Å². The van der Waals surface area contributed by atoms with Gasteiger partial charge in [-0.25, -0.2) is 14.8 Å². The number of carboxylic acids is 1. The van der Waals surface area contributed by atoms with Crippen LogP contribution in [0.3, 0.4) is 0 Å². The molecule has 0 atom stereocenters. The molecule has 1 aromatic rings. The second-order valence-corrected chi connectivity index (χ2v) is 2.79. The van der Waals surface area contributed by atoms with Crippen molar-refractivity contribution >= 4 is 5.97 Å². The summed E-state index contributed by atoms with van der Waals surface area (Å²) in [7, 11) is 0. The van der Waals surface area contributed by atoms with E-state index >= 15 is 0 Å². The van der Waals surface area contributed by atoms with E-state index in [9.17, 15) is 4.79 Å². The molecule has 0 bridgehead atoms. The van der Waals surface area contributed by atoms with E-state index in [-0.39, 0.29) is 17.8 Å². The van der Waals surface area contributed by atoms with E-state index in [1.807, 2.05) is 0 Å². The van der Waals surface area contributed by atoms with E-state index in [1.165, 1.54) is 25.6 Å². The van der Waals surface area contributed by atoms with Crippen LogP contribution in [0.15, 0.2) is 30.1 Å². The van der Waals surface area contributed by atoms with E-state index < -0.39 is 5.97 Å². The smallest absolute Gasteiger partial charge is 0.335 e. The first-order chi connectivity index (χ1) is 6.61. The molecule has 0 saturated heterocycles. The van der Waals surface area contributed by atoms with Crippen LogP contribution in [0.4, 0.5) is 0 Å². The number of aliphatic hydroxyl groups excluding tert-OH is 1. The van der Waals surface area contributed by atoms with Crippen molar-refractivity contribution in [2.24, 2.45) is 0 Å². The quantitative estimate of drug-likeness (QED) is 0.552. The van der Waals surface area contributed by atoms with Crippen LogP contribution in [0.5, 0.6) is 0 Å². The third kappa shape index (κ3) is 2.55. The van der Waals surface area contributed by atoms with E-state index in [2.05, 4.69) is 9.97 Å². The molecule has 74 valence electrons. The standard InChI is InChI=1S/C9H10N2O3/c1-6(12)8(9(13)14)2-7-3-10-5-11-4-7/h3-5,12H,2H2,1H3,(H,13,14)/b8-6-. The molecule has 1 rings (SSSR count). The van der Waals surface area contributed by atoms with E-state index in [0.29, 0.717) is 5.56 Å². The van der Waals surface area contributed by atoms with Gasteiger partial charge < -0.3 is 10.2 Å². The molecule has 0 aliphatic heterocycles. The Kier molecular flexibility index (Phi) is 3.17. The molecule has 0 radical (unpaired) electrons. The maximum absolute atomic E-state index is 10.7. The lowest BCUT2D eigenvalue weighted by molar-refractivity contribution is -0.132. The molecule has 0 unspecified atom stereocenters. The number of allylic oxidation sites excluding steroid dienone is 1. The molecule has 0 aromatic carbocycles. The number of carboxylic acid groups (broad SMARTS) is 1. The lowest BCUT2D eigenvalue weighted by Gasteiger charge is -2.02. The first-order valence-corrected chi connectivity index (χ1v) is 3.97. The number of carbonyl (C=O) groups is 1. The van der Waals surface area contributed by atoms with Crippen molar-refractivity contribution < 1.29 is 15.0 Å². The number of hydrogen-bond donors (Lipinski definition) is 2. The third-order valence-corrected chi connectivity index (χ3v) is 1.69. The summed E-state index contributed by atoms with van der Waals surface area (Å²) in [5.74, 6) is -1.32. The van der Waals surface area contributed by atoms with Crippen LogP contribution in [0.1, 0.15) is 12.5 Å². The topological polar surface area (TPSA) is 83.3 Å². The molecule has 5 heteroatoms. The molecule has 1 aromatic heterocycles. The van der Waals surface area contributed by atoms with Gasteiger partial charge in [0.1, 0.15) is 6.33 Å². The Balaban J connectivity index is 2.87. The lowest BCUT2D eigenvalue weighted by atomic mass is 10.1. The summed E-state index contributed by atoms with van der Waals surface area (Å²) in [6.45, 7) is 1.34. The number of nitrogens with zero attached hydrogens (tertiary/aromatic N) is 2. The van der Waals surface area contributed by atoms with Crippen molar-refractivity contribution in [1.29, 1.82) is 0 Å². The molecule has 0 fully saturated rings. The van der Waals surface area contributed by atoms with Crippen molar-refractivity contribution in [2.45, 2.75) is 13.3 Å². The minimum Gasteiger partial charge on any atom is -0.512 e. The molecule has 0 spiro atoms. The Labute approximate surface area is 80.8 Å². The van der Waals surface area contributed by atoms with Crippen LogP contribution in [0, 0.1) is 0 Å². The van der Waals surface area contributed by atoms with Crippen LogP contribution in [0.2, 0.25) is 0 Å². The van der Waals surface area contributed by atoms with E-state index in [1.54, 1.807) is 0 Å². The Morgan fingerprint density at radius 1 is 1.36 bits per heavy atom. The number of aliphatic carboxylic acids is 1. The van der Waals surface area contributed by atoms with Crippen LogP contribution in [-0.2, 0) is 11.2 Å². The maximum atomic E-state index is 10.7. The third-order valence-electron chi connectivity index (χ3n) is 1.69. The van der Waals surface area contributed by atoms with Gasteiger partial charge in [0.05, 0.1) is 11.3 Å². The minimum absolute atomic E-state index is 0.0419. The Morgan fingerprint density at radius 3 is 2.36 bits per heavy atom. The summed E-state index contributed by atoms with van der Waals surface area (Å²) in [5, 5.41) is 17.8. The Bertz CT molecular complexity index is 356.